The van der Waals surface area contributed by atoms with Gasteiger partial charge in [0.1, 0.15) is 5.82 Å². The fourth-order valence-electron chi connectivity index (χ4n) is 2.56. The van der Waals surface area contributed by atoms with Crippen molar-refractivity contribution in [3.8, 4) is 0 Å². The van der Waals surface area contributed by atoms with Crippen molar-refractivity contribution in [3.63, 3.8) is 0 Å². The number of fused-ring (bicyclic) bond motifs is 1. The summed E-state index contributed by atoms with van der Waals surface area (Å²) in [4.78, 5) is 20.3. The minimum atomic E-state index is -0.254. The van der Waals surface area contributed by atoms with Crippen LogP contribution in [0.4, 0.5) is 4.39 Å². The molecule has 3 rings (SSSR count). The second-order valence-electron chi connectivity index (χ2n) is 5.81. The number of benzene rings is 1. The molecule has 0 saturated carbocycles. The highest BCUT2D eigenvalue weighted by molar-refractivity contribution is 5.76. The number of nitrogens with zero attached hydrogens (tertiary/aromatic N) is 4. The molecule has 1 amide bonds. The molecule has 0 spiro atoms. The molecule has 0 bridgehead atoms. The molecule has 2 aromatic heterocycles. The summed E-state index contributed by atoms with van der Waals surface area (Å²) in [6, 6.07) is 8.23. The number of nitrogens with one attached hydrogen (secondary N) is 1. The van der Waals surface area contributed by atoms with Crippen LogP contribution in [0.15, 0.2) is 42.7 Å². The van der Waals surface area contributed by atoms with Crippen molar-refractivity contribution in [1.82, 2.24) is 24.9 Å². The van der Waals surface area contributed by atoms with E-state index in [4.69, 9.17) is 0 Å². The number of carbonyl (C=O) groups is 1. The minimum Gasteiger partial charge on any atom is -0.349 e. The van der Waals surface area contributed by atoms with E-state index in [0.717, 1.165) is 5.56 Å². The van der Waals surface area contributed by atoms with Gasteiger partial charge in [-0.15, -0.1) is 5.10 Å². The molecule has 0 fully saturated rings. The first-order valence-corrected chi connectivity index (χ1v) is 7.77. The van der Waals surface area contributed by atoms with Crippen LogP contribution in [0.25, 0.3) is 5.78 Å². The third-order valence-electron chi connectivity index (χ3n) is 3.61. The molecule has 0 saturated heterocycles. The van der Waals surface area contributed by atoms with E-state index in [0.29, 0.717) is 24.4 Å². The van der Waals surface area contributed by atoms with Crippen LogP contribution in [0.2, 0.25) is 0 Å². The van der Waals surface area contributed by atoms with Crippen LogP contribution in [0, 0.1) is 11.7 Å². The molecule has 0 aliphatic carbocycles. The quantitative estimate of drug-likeness (QED) is 0.753. The molecule has 1 unspecified atom stereocenters. The summed E-state index contributed by atoms with van der Waals surface area (Å²) in [6.07, 6.45) is 4.41. The van der Waals surface area contributed by atoms with Crippen molar-refractivity contribution in [2.24, 2.45) is 5.92 Å². The Kier molecular flexibility index (Phi) is 4.79. The summed E-state index contributed by atoms with van der Waals surface area (Å²) in [5, 5.41) is 7.04. The molecule has 2 heterocycles. The lowest BCUT2D eigenvalue weighted by Crippen LogP contribution is -2.25. The van der Waals surface area contributed by atoms with E-state index >= 15 is 0 Å². The first-order valence-electron chi connectivity index (χ1n) is 7.77. The van der Waals surface area contributed by atoms with E-state index in [9.17, 15) is 9.18 Å². The maximum absolute atomic E-state index is 13.2. The van der Waals surface area contributed by atoms with Crippen molar-refractivity contribution in [3.05, 3.63) is 59.9 Å². The second kappa shape index (κ2) is 7.16. The summed E-state index contributed by atoms with van der Waals surface area (Å²) in [6.45, 7) is 2.23. The SMILES string of the molecule is CC(CC(=O)NCc1nc2ncccn2n1)Cc1cccc(F)c1. The Morgan fingerprint density at radius 3 is 3.04 bits per heavy atom. The molecule has 7 heteroatoms. The van der Waals surface area contributed by atoms with Gasteiger partial charge < -0.3 is 5.32 Å². The van der Waals surface area contributed by atoms with Gasteiger partial charge in [0.2, 0.25) is 5.91 Å². The van der Waals surface area contributed by atoms with E-state index in [1.165, 1.54) is 12.1 Å². The first-order chi connectivity index (χ1) is 11.6. The fraction of sp³-hybridized carbons (Fsp3) is 0.294. The number of carbonyl (C=O) groups excluding carboxylic acids is 1. The van der Waals surface area contributed by atoms with Crippen LogP contribution in [0.3, 0.4) is 0 Å². The Balaban J connectivity index is 1.49. The predicted octanol–water partition coefficient (Wildman–Crippen LogP) is 2.15. The zero-order valence-corrected chi connectivity index (χ0v) is 13.3. The fourth-order valence-corrected chi connectivity index (χ4v) is 2.56. The van der Waals surface area contributed by atoms with Crippen LogP contribution >= 0.6 is 0 Å². The molecular formula is C17H18FN5O. The smallest absolute Gasteiger partial charge is 0.252 e. The average Bonchev–Trinajstić information content (AvgIpc) is 2.95. The van der Waals surface area contributed by atoms with Gasteiger partial charge in [0, 0.05) is 18.8 Å². The topological polar surface area (TPSA) is 72.2 Å². The van der Waals surface area contributed by atoms with E-state index in [1.54, 1.807) is 29.0 Å². The number of amides is 1. The van der Waals surface area contributed by atoms with Crippen molar-refractivity contribution < 1.29 is 9.18 Å². The summed E-state index contributed by atoms with van der Waals surface area (Å²) < 4.78 is 14.7. The van der Waals surface area contributed by atoms with Gasteiger partial charge in [-0.3, -0.25) is 4.79 Å². The van der Waals surface area contributed by atoms with Crippen LogP contribution in [-0.2, 0) is 17.8 Å². The monoisotopic (exact) mass is 327 g/mol. The zero-order valence-electron chi connectivity index (χ0n) is 13.3. The molecule has 124 valence electrons. The Morgan fingerprint density at radius 2 is 2.25 bits per heavy atom. The highest BCUT2D eigenvalue weighted by atomic mass is 19.1. The van der Waals surface area contributed by atoms with Gasteiger partial charge in [-0.05, 0) is 36.1 Å². The van der Waals surface area contributed by atoms with Crippen LogP contribution < -0.4 is 5.32 Å². The van der Waals surface area contributed by atoms with Crippen LogP contribution in [-0.4, -0.2) is 25.5 Å². The highest BCUT2D eigenvalue weighted by Gasteiger charge is 2.11. The van der Waals surface area contributed by atoms with E-state index in [2.05, 4.69) is 20.4 Å². The van der Waals surface area contributed by atoms with Crippen molar-refractivity contribution in [2.75, 3.05) is 0 Å². The lowest BCUT2D eigenvalue weighted by molar-refractivity contribution is -0.122. The van der Waals surface area contributed by atoms with E-state index < -0.39 is 0 Å². The molecule has 24 heavy (non-hydrogen) atoms. The molecule has 1 aromatic carbocycles. The Morgan fingerprint density at radius 1 is 1.38 bits per heavy atom. The van der Waals surface area contributed by atoms with Crippen molar-refractivity contribution >= 4 is 11.7 Å². The molecule has 1 atom stereocenters. The third kappa shape index (κ3) is 4.13. The Hall–Kier alpha value is -2.83. The molecule has 0 aliphatic heterocycles. The van der Waals surface area contributed by atoms with Gasteiger partial charge in [-0.25, -0.2) is 13.9 Å². The lowest BCUT2D eigenvalue weighted by Gasteiger charge is -2.11. The number of rotatable bonds is 6. The largest absolute Gasteiger partial charge is 0.349 e. The van der Waals surface area contributed by atoms with Gasteiger partial charge in [0.15, 0.2) is 5.82 Å². The van der Waals surface area contributed by atoms with Crippen LogP contribution in [0.1, 0.15) is 24.7 Å². The summed E-state index contributed by atoms with van der Waals surface area (Å²) in [5.41, 5.74) is 0.892. The summed E-state index contributed by atoms with van der Waals surface area (Å²) in [7, 11) is 0. The number of halogens is 1. The standard InChI is InChI=1S/C17H18FN5O/c1-12(8-13-4-2-5-14(18)10-13)9-16(24)20-11-15-21-17-19-6-3-7-23(17)22-15/h2-7,10,12H,8-9,11H2,1H3,(H,20,24). The number of hydrogen-bond donors (Lipinski definition) is 1. The molecule has 6 nitrogen and oxygen atoms in total. The zero-order chi connectivity index (χ0) is 16.9. The average molecular weight is 327 g/mol. The van der Waals surface area contributed by atoms with Gasteiger partial charge >= 0.3 is 0 Å². The summed E-state index contributed by atoms with van der Waals surface area (Å²) in [5.74, 6) is 0.796. The van der Waals surface area contributed by atoms with Gasteiger partial charge in [0.25, 0.3) is 5.78 Å². The third-order valence-corrected chi connectivity index (χ3v) is 3.61. The molecule has 1 N–H and O–H groups in total. The highest BCUT2D eigenvalue weighted by Crippen LogP contribution is 2.13. The van der Waals surface area contributed by atoms with Crippen molar-refractivity contribution in [2.45, 2.75) is 26.3 Å². The molecule has 0 radical (unpaired) electrons. The molecule has 0 aliphatic rings. The number of hydrogen-bond acceptors (Lipinski definition) is 4. The van der Waals surface area contributed by atoms with Gasteiger partial charge in [-0.1, -0.05) is 19.1 Å². The van der Waals surface area contributed by atoms with E-state index in [-0.39, 0.29) is 24.2 Å². The Labute approximate surface area is 138 Å². The van der Waals surface area contributed by atoms with E-state index in [1.807, 2.05) is 13.0 Å². The van der Waals surface area contributed by atoms with Crippen molar-refractivity contribution in [1.29, 1.82) is 0 Å². The molecule has 3 aromatic rings. The number of aromatic nitrogens is 4. The normalized spacial score (nSPS) is 12.2. The van der Waals surface area contributed by atoms with Crippen LogP contribution in [0.5, 0.6) is 0 Å². The minimum absolute atomic E-state index is 0.0780. The summed E-state index contributed by atoms with van der Waals surface area (Å²) >= 11 is 0. The maximum atomic E-state index is 13.2. The second-order valence-corrected chi connectivity index (χ2v) is 5.81. The maximum Gasteiger partial charge on any atom is 0.252 e. The molecular weight excluding hydrogens is 309 g/mol. The van der Waals surface area contributed by atoms with Gasteiger partial charge in [-0.2, -0.15) is 4.98 Å². The Bertz CT molecular complexity index is 815. The lowest BCUT2D eigenvalue weighted by atomic mass is 9.98. The predicted molar refractivity (Wildman–Crippen MR) is 86.5 cm³/mol. The van der Waals surface area contributed by atoms with Gasteiger partial charge in [0.05, 0.1) is 6.54 Å². The first kappa shape index (κ1) is 16.0.